The minimum atomic E-state index is -1.15. The Kier molecular flexibility index (Phi) is 5.79. The standard InChI is InChI=1S/C19H20ClN3O5/c1-10(23-17(25)12-6-3-4-7-13(12)18(23)26)19(27)28-11(2)16(24)22-14-8-5-9-21-15(14)20/h3-5,8-13H,6-7H2,1-2H3,(H,22,24)/t10-,11+,12-,13-/m0/s1. The van der Waals surface area contributed by atoms with Gasteiger partial charge in [-0.3, -0.25) is 19.3 Å². The van der Waals surface area contributed by atoms with Gasteiger partial charge in [-0.1, -0.05) is 23.8 Å². The molecule has 0 spiro atoms. The second-order valence-corrected chi connectivity index (χ2v) is 7.15. The molecule has 1 aliphatic carbocycles. The maximum Gasteiger partial charge on any atom is 0.329 e. The molecule has 1 aliphatic heterocycles. The van der Waals surface area contributed by atoms with Crippen LogP contribution in [0.1, 0.15) is 26.7 Å². The molecule has 1 fully saturated rings. The van der Waals surface area contributed by atoms with Gasteiger partial charge in [-0.05, 0) is 38.8 Å². The molecule has 1 saturated heterocycles. The van der Waals surface area contributed by atoms with E-state index >= 15 is 0 Å². The third-order valence-corrected chi connectivity index (χ3v) is 5.25. The van der Waals surface area contributed by atoms with Crippen molar-refractivity contribution >= 4 is 41.0 Å². The summed E-state index contributed by atoms with van der Waals surface area (Å²) in [5.41, 5.74) is 0.284. The number of fused-ring (bicyclic) bond motifs is 1. The van der Waals surface area contributed by atoms with E-state index in [1.165, 1.54) is 20.0 Å². The molecule has 0 bridgehead atoms. The van der Waals surface area contributed by atoms with E-state index in [4.69, 9.17) is 16.3 Å². The third-order valence-electron chi connectivity index (χ3n) is 4.95. The van der Waals surface area contributed by atoms with Crippen molar-refractivity contribution in [2.45, 2.75) is 38.8 Å². The fraction of sp³-hybridized carbons (Fsp3) is 0.421. The molecular weight excluding hydrogens is 386 g/mol. The monoisotopic (exact) mass is 405 g/mol. The number of likely N-dealkylation sites (tertiary alicyclic amines) is 1. The highest BCUT2D eigenvalue weighted by Gasteiger charge is 2.50. The molecule has 0 unspecified atom stereocenters. The predicted molar refractivity (Wildman–Crippen MR) is 100 cm³/mol. The van der Waals surface area contributed by atoms with Crippen molar-refractivity contribution in [1.82, 2.24) is 9.88 Å². The molecule has 1 N–H and O–H groups in total. The first-order valence-electron chi connectivity index (χ1n) is 8.95. The zero-order valence-electron chi connectivity index (χ0n) is 15.4. The molecule has 0 aromatic carbocycles. The van der Waals surface area contributed by atoms with Crippen LogP contribution in [0.3, 0.4) is 0 Å². The van der Waals surface area contributed by atoms with Crippen LogP contribution in [0.15, 0.2) is 30.5 Å². The molecule has 2 heterocycles. The highest BCUT2D eigenvalue weighted by atomic mass is 35.5. The molecule has 2 aliphatic rings. The molecule has 3 amide bonds. The van der Waals surface area contributed by atoms with Gasteiger partial charge in [0.2, 0.25) is 11.8 Å². The van der Waals surface area contributed by atoms with Gasteiger partial charge < -0.3 is 10.1 Å². The zero-order valence-corrected chi connectivity index (χ0v) is 16.2. The van der Waals surface area contributed by atoms with Gasteiger partial charge in [0, 0.05) is 6.20 Å². The minimum absolute atomic E-state index is 0.104. The van der Waals surface area contributed by atoms with E-state index in [-0.39, 0.29) is 22.7 Å². The number of esters is 1. The second kappa shape index (κ2) is 8.10. The summed E-state index contributed by atoms with van der Waals surface area (Å²) in [4.78, 5) is 54.6. The van der Waals surface area contributed by atoms with E-state index in [0.717, 1.165) is 4.90 Å². The van der Waals surface area contributed by atoms with Gasteiger partial charge in [0.15, 0.2) is 11.3 Å². The van der Waals surface area contributed by atoms with Gasteiger partial charge >= 0.3 is 5.97 Å². The van der Waals surface area contributed by atoms with Crippen LogP contribution in [0.5, 0.6) is 0 Å². The number of anilines is 1. The Balaban J connectivity index is 1.62. The number of halogens is 1. The van der Waals surface area contributed by atoms with E-state index in [9.17, 15) is 19.2 Å². The molecule has 0 saturated carbocycles. The number of amides is 3. The largest absolute Gasteiger partial charge is 0.451 e. The van der Waals surface area contributed by atoms with Crippen LogP contribution in [0.25, 0.3) is 0 Å². The van der Waals surface area contributed by atoms with Gasteiger partial charge in [0.05, 0.1) is 17.5 Å². The third kappa shape index (κ3) is 3.77. The Labute approximate surface area is 166 Å². The lowest BCUT2D eigenvalue weighted by atomic mass is 9.85. The van der Waals surface area contributed by atoms with Crippen LogP contribution >= 0.6 is 11.6 Å². The minimum Gasteiger partial charge on any atom is -0.451 e. The summed E-state index contributed by atoms with van der Waals surface area (Å²) in [6, 6.07) is 2.05. The number of carbonyl (C=O) groups is 4. The van der Waals surface area contributed by atoms with Crippen molar-refractivity contribution in [2.75, 3.05) is 5.32 Å². The summed E-state index contributed by atoms with van der Waals surface area (Å²) in [5, 5.41) is 2.62. The van der Waals surface area contributed by atoms with E-state index in [1.807, 2.05) is 12.2 Å². The number of ether oxygens (including phenoxy) is 1. The van der Waals surface area contributed by atoms with Crippen LogP contribution in [0, 0.1) is 11.8 Å². The van der Waals surface area contributed by atoms with Gasteiger partial charge in [0.1, 0.15) is 6.04 Å². The number of carbonyl (C=O) groups excluding carboxylic acids is 4. The van der Waals surface area contributed by atoms with E-state index < -0.39 is 35.9 Å². The number of nitrogens with one attached hydrogen (secondary N) is 1. The van der Waals surface area contributed by atoms with Crippen LogP contribution in [-0.4, -0.2) is 45.7 Å². The molecular formula is C19H20ClN3O5. The molecule has 28 heavy (non-hydrogen) atoms. The van der Waals surface area contributed by atoms with Crippen molar-refractivity contribution in [2.24, 2.45) is 11.8 Å². The Morgan fingerprint density at radius 3 is 2.39 bits per heavy atom. The first-order chi connectivity index (χ1) is 13.3. The van der Waals surface area contributed by atoms with Crippen molar-refractivity contribution in [1.29, 1.82) is 0 Å². The quantitative estimate of drug-likeness (QED) is 0.347. The number of pyridine rings is 1. The lowest BCUT2D eigenvalue weighted by Crippen LogP contribution is -2.46. The molecule has 1 aromatic rings. The second-order valence-electron chi connectivity index (χ2n) is 6.79. The Hall–Kier alpha value is -2.74. The van der Waals surface area contributed by atoms with Gasteiger partial charge in [-0.15, -0.1) is 0 Å². The molecule has 148 valence electrons. The zero-order chi connectivity index (χ0) is 20.4. The van der Waals surface area contributed by atoms with Crippen molar-refractivity contribution in [3.8, 4) is 0 Å². The van der Waals surface area contributed by atoms with Crippen molar-refractivity contribution in [3.05, 3.63) is 35.6 Å². The molecule has 8 nitrogen and oxygen atoms in total. The summed E-state index contributed by atoms with van der Waals surface area (Å²) < 4.78 is 5.17. The first-order valence-corrected chi connectivity index (χ1v) is 9.32. The summed E-state index contributed by atoms with van der Waals surface area (Å²) in [7, 11) is 0. The van der Waals surface area contributed by atoms with Crippen LogP contribution in [-0.2, 0) is 23.9 Å². The van der Waals surface area contributed by atoms with Crippen LogP contribution < -0.4 is 5.32 Å². The first kappa shape index (κ1) is 20.0. The maximum atomic E-state index is 12.6. The smallest absolute Gasteiger partial charge is 0.329 e. The van der Waals surface area contributed by atoms with E-state index in [0.29, 0.717) is 12.8 Å². The molecule has 1 aromatic heterocycles. The van der Waals surface area contributed by atoms with Crippen molar-refractivity contribution < 1.29 is 23.9 Å². The molecule has 4 atom stereocenters. The van der Waals surface area contributed by atoms with Gasteiger partial charge in [-0.25, -0.2) is 9.78 Å². The fourth-order valence-corrected chi connectivity index (χ4v) is 3.52. The number of nitrogens with zero attached hydrogens (tertiary/aromatic N) is 2. The highest BCUT2D eigenvalue weighted by Crippen LogP contribution is 2.36. The number of hydrogen-bond acceptors (Lipinski definition) is 6. The van der Waals surface area contributed by atoms with Gasteiger partial charge in [-0.2, -0.15) is 0 Å². The fourth-order valence-electron chi connectivity index (χ4n) is 3.35. The lowest BCUT2D eigenvalue weighted by Gasteiger charge is -2.23. The Morgan fingerprint density at radius 2 is 1.82 bits per heavy atom. The SMILES string of the molecule is C[C@@H](OC(=O)[C@H](C)N1C(=O)[C@H]2CC=CC[C@@H]2C1=O)C(=O)Nc1cccnc1Cl. The number of imide groups is 1. The average molecular weight is 406 g/mol. The predicted octanol–water partition coefficient (Wildman–Crippen LogP) is 1.94. The van der Waals surface area contributed by atoms with Crippen molar-refractivity contribution in [3.63, 3.8) is 0 Å². The van der Waals surface area contributed by atoms with E-state index in [1.54, 1.807) is 12.1 Å². The Bertz CT molecular complexity index is 830. The van der Waals surface area contributed by atoms with E-state index in [2.05, 4.69) is 10.3 Å². The summed E-state index contributed by atoms with van der Waals surface area (Å²) in [6.45, 7) is 2.81. The van der Waals surface area contributed by atoms with Crippen LogP contribution in [0.4, 0.5) is 5.69 Å². The average Bonchev–Trinajstić information content (AvgIpc) is 2.93. The van der Waals surface area contributed by atoms with Crippen LogP contribution in [0.2, 0.25) is 5.15 Å². The normalized spacial score (nSPS) is 23.2. The summed E-state index contributed by atoms with van der Waals surface area (Å²) in [5.74, 6) is -3.03. The van der Waals surface area contributed by atoms with Gasteiger partial charge in [0.25, 0.3) is 5.91 Å². The summed E-state index contributed by atoms with van der Waals surface area (Å²) in [6.07, 6.45) is 5.03. The lowest BCUT2D eigenvalue weighted by molar-refractivity contribution is -0.163. The maximum absolute atomic E-state index is 12.6. The number of aromatic nitrogens is 1. The topological polar surface area (TPSA) is 106 Å². The Morgan fingerprint density at radius 1 is 1.21 bits per heavy atom. The summed E-state index contributed by atoms with van der Waals surface area (Å²) >= 11 is 5.89. The number of allylic oxidation sites excluding steroid dienone is 2. The molecule has 0 radical (unpaired) electrons. The number of rotatable bonds is 5. The highest BCUT2D eigenvalue weighted by molar-refractivity contribution is 6.32. The molecule has 3 rings (SSSR count). The molecule has 9 heteroatoms. The number of hydrogen-bond donors (Lipinski definition) is 1.